The van der Waals surface area contributed by atoms with Gasteiger partial charge in [-0.1, -0.05) is 18.2 Å². The number of aryl methyl sites for hydroxylation is 2. The lowest BCUT2D eigenvalue weighted by Gasteiger charge is -2.12. The van der Waals surface area contributed by atoms with E-state index in [4.69, 9.17) is 4.74 Å². The number of carbonyl (C=O) groups excluding carboxylic acids is 1. The summed E-state index contributed by atoms with van der Waals surface area (Å²) in [4.78, 5) is 12.0. The first-order valence-corrected chi connectivity index (χ1v) is 7.51. The Kier molecular flexibility index (Phi) is 5.02. The molecule has 2 aromatic rings. The van der Waals surface area contributed by atoms with E-state index in [0.717, 1.165) is 26.9 Å². The second kappa shape index (κ2) is 6.76. The Morgan fingerprint density at radius 3 is 2.67 bits per heavy atom. The monoisotopic (exact) mass is 347 g/mol. The Balaban J connectivity index is 1.97. The number of anilines is 1. The van der Waals surface area contributed by atoms with Gasteiger partial charge < -0.3 is 10.1 Å². The van der Waals surface area contributed by atoms with Crippen molar-refractivity contribution in [1.29, 1.82) is 0 Å². The molecule has 0 aliphatic carbocycles. The number of nitrogens with one attached hydrogen (secondary N) is 1. The zero-order valence-corrected chi connectivity index (χ0v) is 14.0. The van der Waals surface area contributed by atoms with Gasteiger partial charge in [0.1, 0.15) is 5.75 Å². The summed E-state index contributed by atoms with van der Waals surface area (Å²) in [5.41, 5.74) is 4.18. The fourth-order valence-corrected chi connectivity index (χ4v) is 2.55. The summed E-state index contributed by atoms with van der Waals surface area (Å²) >= 11 is 3.43. The van der Waals surface area contributed by atoms with E-state index in [2.05, 4.69) is 21.2 Å². The molecule has 0 bridgehead atoms. The Hall–Kier alpha value is -1.81. The zero-order chi connectivity index (χ0) is 15.4. The highest BCUT2D eigenvalue weighted by Gasteiger charge is 2.08. The van der Waals surface area contributed by atoms with Crippen LogP contribution in [-0.2, 0) is 4.79 Å². The van der Waals surface area contributed by atoms with Gasteiger partial charge in [0.15, 0.2) is 6.61 Å². The van der Waals surface area contributed by atoms with Gasteiger partial charge in [-0.15, -0.1) is 0 Å². The van der Waals surface area contributed by atoms with Crippen molar-refractivity contribution in [3.05, 3.63) is 57.6 Å². The van der Waals surface area contributed by atoms with Crippen molar-refractivity contribution in [3.8, 4) is 5.75 Å². The molecule has 0 heterocycles. The van der Waals surface area contributed by atoms with E-state index in [9.17, 15) is 4.79 Å². The summed E-state index contributed by atoms with van der Waals surface area (Å²) in [6.45, 7) is 5.99. The number of carbonyl (C=O) groups is 1. The largest absolute Gasteiger partial charge is 0.483 e. The molecular formula is C17H18BrNO2. The predicted molar refractivity (Wildman–Crippen MR) is 88.9 cm³/mol. The molecule has 3 nitrogen and oxygen atoms in total. The van der Waals surface area contributed by atoms with E-state index in [0.29, 0.717) is 5.75 Å². The molecule has 0 aromatic heterocycles. The highest BCUT2D eigenvalue weighted by molar-refractivity contribution is 9.10. The maximum absolute atomic E-state index is 12.0. The summed E-state index contributed by atoms with van der Waals surface area (Å²) in [6, 6.07) is 11.6. The topological polar surface area (TPSA) is 38.3 Å². The molecule has 0 aliphatic rings. The van der Waals surface area contributed by atoms with Crippen LogP contribution in [0.5, 0.6) is 5.75 Å². The molecule has 2 rings (SSSR count). The first-order chi connectivity index (χ1) is 9.97. The van der Waals surface area contributed by atoms with Crippen LogP contribution < -0.4 is 10.1 Å². The second-order valence-electron chi connectivity index (χ2n) is 5.02. The Morgan fingerprint density at radius 1 is 1.19 bits per heavy atom. The fraction of sp³-hybridized carbons (Fsp3) is 0.235. The van der Waals surface area contributed by atoms with Gasteiger partial charge >= 0.3 is 0 Å². The zero-order valence-electron chi connectivity index (χ0n) is 12.4. The molecule has 0 radical (unpaired) electrons. The molecule has 0 saturated heterocycles. The van der Waals surface area contributed by atoms with Gasteiger partial charge in [0.25, 0.3) is 5.91 Å². The van der Waals surface area contributed by atoms with Crippen molar-refractivity contribution < 1.29 is 9.53 Å². The van der Waals surface area contributed by atoms with Crippen molar-refractivity contribution in [2.75, 3.05) is 11.9 Å². The summed E-state index contributed by atoms with van der Waals surface area (Å²) < 4.78 is 6.39. The summed E-state index contributed by atoms with van der Waals surface area (Å²) in [7, 11) is 0. The van der Waals surface area contributed by atoms with Gasteiger partial charge in [-0.2, -0.15) is 0 Å². The van der Waals surface area contributed by atoms with Crippen LogP contribution in [0, 0.1) is 20.8 Å². The van der Waals surface area contributed by atoms with Gasteiger partial charge in [-0.05, 0) is 71.6 Å². The lowest BCUT2D eigenvalue weighted by molar-refractivity contribution is -0.118. The lowest BCUT2D eigenvalue weighted by Crippen LogP contribution is -2.20. The molecule has 0 fully saturated rings. The minimum atomic E-state index is -0.170. The van der Waals surface area contributed by atoms with Crippen molar-refractivity contribution in [2.24, 2.45) is 0 Å². The standard InChI is InChI=1S/C17H18BrNO2/c1-11-7-8-16(14(18)9-11)21-10-17(20)19-15-6-4-5-12(2)13(15)3/h4-9H,10H2,1-3H3,(H,19,20). The highest BCUT2D eigenvalue weighted by atomic mass is 79.9. The van der Waals surface area contributed by atoms with E-state index >= 15 is 0 Å². The molecule has 1 N–H and O–H groups in total. The third kappa shape index (κ3) is 4.08. The Bertz CT molecular complexity index is 668. The maximum Gasteiger partial charge on any atom is 0.262 e. The van der Waals surface area contributed by atoms with E-state index in [1.165, 1.54) is 0 Å². The van der Waals surface area contributed by atoms with Gasteiger partial charge in [0.2, 0.25) is 0 Å². The normalized spacial score (nSPS) is 10.3. The average molecular weight is 348 g/mol. The molecule has 21 heavy (non-hydrogen) atoms. The van der Waals surface area contributed by atoms with Crippen molar-refractivity contribution >= 4 is 27.5 Å². The predicted octanol–water partition coefficient (Wildman–Crippen LogP) is 4.39. The molecule has 0 aliphatic heterocycles. The minimum absolute atomic E-state index is 0.0188. The highest BCUT2D eigenvalue weighted by Crippen LogP contribution is 2.25. The van der Waals surface area contributed by atoms with Crippen molar-refractivity contribution in [2.45, 2.75) is 20.8 Å². The number of ether oxygens (including phenoxy) is 1. The molecule has 0 spiro atoms. The van der Waals surface area contributed by atoms with Crippen LogP contribution in [-0.4, -0.2) is 12.5 Å². The summed E-state index contributed by atoms with van der Waals surface area (Å²) in [5.74, 6) is 0.493. The van der Waals surface area contributed by atoms with Gasteiger partial charge in [-0.25, -0.2) is 0 Å². The van der Waals surface area contributed by atoms with Gasteiger partial charge in [-0.3, -0.25) is 4.79 Å². The van der Waals surface area contributed by atoms with E-state index in [-0.39, 0.29) is 12.5 Å². The van der Waals surface area contributed by atoms with Crippen LogP contribution in [0.3, 0.4) is 0 Å². The first-order valence-electron chi connectivity index (χ1n) is 6.72. The van der Waals surface area contributed by atoms with Crippen molar-refractivity contribution in [1.82, 2.24) is 0 Å². The molecule has 0 saturated carbocycles. The fourth-order valence-electron chi connectivity index (χ4n) is 1.94. The number of amides is 1. The SMILES string of the molecule is Cc1ccc(OCC(=O)Nc2cccc(C)c2C)c(Br)c1. The van der Waals surface area contributed by atoms with Crippen molar-refractivity contribution in [3.63, 3.8) is 0 Å². The van der Waals surface area contributed by atoms with E-state index in [1.54, 1.807) is 0 Å². The third-order valence-corrected chi connectivity index (χ3v) is 3.94. The average Bonchev–Trinajstić information content (AvgIpc) is 2.43. The molecule has 1 amide bonds. The number of rotatable bonds is 4. The summed E-state index contributed by atoms with van der Waals surface area (Å²) in [5, 5.41) is 2.87. The lowest BCUT2D eigenvalue weighted by atomic mass is 10.1. The second-order valence-corrected chi connectivity index (χ2v) is 5.87. The number of hydrogen-bond donors (Lipinski definition) is 1. The summed E-state index contributed by atoms with van der Waals surface area (Å²) in [6.07, 6.45) is 0. The molecule has 0 unspecified atom stereocenters. The van der Waals surface area contributed by atoms with Crippen LogP contribution in [0.4, 0.5) is 5.69 Å². The van der Waals surface area contributed by atoms with Gasteiger partial charge in [0.05, 0.1) is 4.47 Å². The maximum atomic E-state index is 12.0. The minimum Gasteiger partial charge on any atom is -0.483 e. The first kappa shape index (κ1) is 15.6. The van der Waals surface area contributed by atoms with Crippen LogP contribution in [0.15, 0.2) is 40.9 Å². The van der Waals surface area contributed by atoms with Crippen LogP contribution in [0.2, 0.25) is 0 Å². The van der Waals surface area contributed by atoms with Crippen LogP contribution in [0.1, 0.15) is 16.7 Å². The third-order valence-electron chi connectivity index (χ3n) is 3.32. The smallest absolute Gasteiger partial charge is 0.262 e. The quantitative estimate of drug-likeness (QED) is 0.890. The van der Waals surface area contributed by atoms with Crippen LogP contribution >= 0.6 is 15.9 Å². The van der Waals surface area contributed by atoms with E-state index < -0.39 is 0 Å². The number of hydrogen-bond acceptors (Lipinski definition) is 2. The molecule has 110 valence electrons. The number of halogens is 1. The number of benzene rings is 2. The van der Waals surface area contributed by atoms with E-state index in [1.807, 2.05) is 57.2 Å². The molecular weight excluding hydrogens is 330 g/mol. The molecule has 4 heteroatoms. The molecule has 0 atom stereocenters. The Morgan fingerprint density at radius 2 is 1.95 bits per heavy atom. The molecule has 2 aromatic carbocycles. The van der Waals surface area contributed by atoms with Gasteiger partial charge in [0, 0.05) is 5.69 Å². The Labute approximate surface area is 133 Å². The van der Waals surface area contributed by atoms with Crippen LogP contribution in [0.25, 0.3) is 0 Å².